The zero-order chi connectivity index (χ0) is 14.3. The summed E-state index contributed by atoms with van der Waals surface area (Å²) in [7, 11) is 1.68. The summed E-state index contributed by atoms with van der Waals surface area (Å²) in [5, 5.41) is 4.43. The summed E-state index contributed by atoms with van der Waals surface area (Å²) >= 11 is 6.29. The highest BCUT2D eigenvalue weighted by Crippen LogP contribution is 2.52. The van der Waals surface area contributed by atoms with Crippen LogP contribution in [0, 0.1) is 11.3 Å². The molecule has 0 spiro atoms. The van der Waals surface area contributed by atoms with E-state index in [1.165, 1.54) is 0 Å². The van der Waals surface area contributed by atoms with E-state index in [4.69, 9.17) is 21.1 Å². The Morgan fingerprint density at radius 2 is 2.25 bits per heavy atom. The van der Waals surface area contributed by atoms with Crippen molar-refractivity contribution < 1.29 is 9.47 Å². The first-order chi connectivity index (χ1) is 9.55. The summed E-state index contributed by atoms with van der Waals surface area (Å²) in [6, 6.07) is 6.26. The molecule has 0 radical (unpaired) electrons. The van der Waals surface area contributed by atoms with Crippen molar-refractivity contribution in [1.82, 2.24) is 5.32 Å². The molecule has 1 saturated carbocycles. The van der Waals surface area contributed by atoms with Gasteiger partial charge >= 0.3 is 0 Å². The Labute approximate surface area is 125 Å². The molecule has 2 aliphatic rings. The molecule has 1 aliphatic carbocycles. The second kappa shape index (κ2) is 5.21. The lowest BCUT2D eigenvalue weighted by Gasteiger charge is -2.55. The topological polar surface area (TPSA) is 30.5 Å². The fourth-order valence-electron chi connectivity index (χ4n) is 3.85. The molecule has 3 unspecified atom stereocenters. The fraction of sp³-hybridized carbons (Fsp3) is 0.625. The van der Waals surface area contributed by atoms with Gasteiger partial charge in [-0.15, -0.1) is 0 Å². The number of hydrogen-bond acceptors (Lipinski definition) is 3. The van der Waals surface area contributed by atoms with Gasteiger partial charge in [-0.25, -0.2) is 0 Å². The van der Waals surface area contributed by atoms with E-state index >= 15 is 0 Å². The maximum Gasteiger partial charge on any atom is 0.124 e. The van der Waals surface area contributed by atoms with Gasteiger partial charge in [0.15, 0.2) is 0 Å². The van der Waals surface area contributed by atoms with E-state index in [-0.39, 0.29) is 5.41 Å². The minimum absolute atomic E-state index is 0.190. The van der Waals surface area contributed by atoms with Crippen LogP contribution < -0.4 is 10.1 Å². The monoisotopic (exact) mass is 295 g/mol. The zero-order valence-corrected chi connectivity index (χ0v) is 13.0. The van der Waals surface area contributed by atoms with Gasteiger partial charge in [0.2, 0.25) is 0 Å². The number of nitrogens with one attached hydrogen (secondary N) is 1. The summed E-state index contributed by atoms with van der Waals surface area (Å²) in [6.45, 7) is 6.19. The smallest absolute Gasteiger partial charge is 0.124 e. The maximum atomic E-state index is 6.29. The normalized spacial score (nSPS) is 30.7. The summed E-state index contributed by atoms with van der Waals surface area (Å²) in [5.41, 5.74) is 1.23. The Morgan fingerprint density at radius 1 is 1.45 bits per heavy atom. The average molecular weight is 296 g/mol. The molecule has 1 aromatic rings. The lowest BCUT2D eigenvalue weighted by molar-refractivity contribution is -0.113. The highest BCUT2D eigenvalue weighted by atomic mass is 35.5. The average Bonchev–Trinajstić information content (AvgIpc) is 2.87. The van der Waals surface area contributed by atoms with Crippen LogP contribution in [0.15, 0.2) is 18.2 Å². The number of rotatable bonds is 4. The van der Waals surface area contributed by atoms with Crippen LogP contribution >= 0.6 is 11.6 Å². The van der Waals surface area contributed by atoms with Crippen molar-refractivity contribution in [1.29, 1.82) is 0 Å². The molecule has 1 N–H and O–H groups in total. The summed E-state index contributed by atoms with van der Waals surface area (Å²) in [4.78, 5) is 0. The molecule has 1 aromatic carbocycles. The maximum absolute atomic E-state index is 6.29. The van der Waals surface area contributed by atoms with Crippen molar-refractivity contribution in [2.24, 2.45) is 11.3 Å². The van der Waals surface area contributed by atoms with Crippen LogP contribution in [0.3, 0.4) is 0 Å². The molecule has 1 aliphatic heterocycles. The molecule has 3 atom stereocenters. The third-order valence-corrected chi connectivity index (χ3v) is 5.25. The molecule has 3 rings (SSSR count). The van der Waals surface area contributed by atoms with E-state index in [2.05, 4.69) is 19.2 Å². The van der Waals surface area contributed by atoms with Crippen molar-refractivity contribution in [2.45, 2.75) is 39.0 Å². The highest BCUT2D eigenvalue weighted by Gasteiger charge is 2.58. The van der Waals surface area contributed by atoms with Gasteiger partial charge in [0, 0.05) is 41.1 Å². The largest absolute Gasteiger partial charge is 0.496 e. The predicted octanol–water partition coefficient (Wildman–Crippen LogP) is 3.25. The number of hydrogen-bond donors (Lipinski definition) is 1. The Bertz CT molecular complexity index is 503. The number of benzene rings is 1. The first kappa shape index (κ1) is 14.2. The standard InChI is InChI=1S/C16H22ClNO2/c1-16(2)14(10-7-8-20-15(10)16)18-9-11-12(17)5-4-6-13(11)19-3/h4-6,10,14-15,18H,7-9H2,1-3H3. The molecule has 2 fully saturated rings. The third kappa shape index (κ3) is 2.12. The first-order valence-corrected chi connectivity index (χ1v) is 7.60. The lowest BCUT2D eigenvalue weighted by Crippen LogP contribution is -2.65. The molecular formula is C16H22ClNO2. The summed E-state index contributed by atoms with van der Waals surface area (Å²) in [6.07, 6.45) is 1.57. The molecule has 3 nitrogen and oxygen atoms in total. The van der Waals surface area contributed by atoms with E-state index in [0.717, 1.165) is 35.9 Å². The second-order valence-electron chi connectivity index (χ2n) is 6.34. The van der Waals surface area contributed by atoms with Gasteiger partial charge in [0.1, 0.15) is 5.75 Å². The molecule has 1 saturated heterocycles. The van der Waals surface area contributed by atoms with E-state index < -0.39 is 0 Å². The lowest BCUT2D eigenvalue weighted by atomic mass is 9.57. The van der Waals surface area contributed by atoms with Gasteiger partial charge in [0.25, 0.3) is 0 Å². The van der Waals surface area contributed by atoms with Crippen LogP contribution in [-0.4, -0.2) is 25.9 Å². The molecule has 0 aromatic heterocycles. The second-order valence-corrected chi connectivity index (χ2v) is 6.75. The van der Waals surface area contributed by atoms with Crippen molar-refractivity contribution in [3.63, 3.8) is 0 Å². The van der Waals surface area contributed by atoms with Gasteiger partial charge < -0.3 is 14.8 Å². The molecule has 0 bridgehead atoms. The minimum atomic E-state index is 0.190. The Hall–Kier alpha value is -0.770. The van der Waals surface area contributed by atoms with Crippen LogP contribution in [0.5, 0.6) is 5.75 Å². The molecule has 0 amide bonds. The number of halogens is 1. The molecule has 110 valence electrons. The third-order valence-electron chi connectivity index (χ3n) is 4.90. The predicted molar refractivity (Wildman–Crippen MR) is 80.3 cm³/mol. The van der Waals surface area contributed by atoms with Crippen molar-refractivity contribution in [3.05, 3.63) is 28.8 Å². The van der Waals surface area contributed by atoms with Gasteiger partial charge in [-0.1, -0.05) is 31.5 Å². The number of methoxy groups -OCH3 is 1. The Morgan fingerprint density at radius 3 is 3.00 bits per heavy atom. The van der Waals surface area contributed by atoms with E-state index in [9.17, 15) is 0 Å². The zero-order valence-electron chi connectivity index (χ0n) is 12.3. The number of ether oxygens (including phenoxy) is 2. The SMILES string of the molecule is COc1cccc(Cl)c1CNC1C2CCOC2C1(C)C. The van der Waals surface area contributed by atoms with Gasteiger partial charge in [-0.3, -0.25) is 0 Å². The van der Waals surface area contributed by atoms with Crippen molar-refractivity contribution in [2.75, 3.05) is 13.7 Å². The van der Waals surface area contributed by atoms with E-state index in [1.54, 1.807) is 7.11 Å². The Balaban J connectivity index is 1.71. The molecule has 4 heteroatoms. The van der Waals surface area contributed by atoms with Crippen molar-refractivity contribution >= 4 is 11.6 Å². The Kier molecular flexibility index (Phi) is 3.69. The van der Waals surface area contributed by atoms with Gasteiger partial charge in [-0.05, 0) is 18.6 Å². The van der Waals surface area contributed by atoms with Crippen molar-refractivity contribution in [3.8, 4) is 5.75 Å². The van der Waals surface area contributed by atoms with E-state index in [0.29, 0.717) is 18.1 Å². The quantitative estimate of drug-likeness (QED) is 0.925. The van der Waals surface area contributed by atoms with Gasteiger partial charge in [-0.2, -0.15) is 0 Å². The van der Waals surface area contributed by atoms with Gasteiger partial charge in [0.05, 0.1) is 13.2 Å². The van der Waals surface area contributed by atoms with Crippen LogP contribution in [0.2, 0.25) is 5.02 Å². The van der Waals surface area contributed by atoms with E-state index in [1.807, 2.05) is 18.2 Å². The van der Waals surface area contributed by atoms with Crippen LogP contribution in [0.1, 0.15) is 25.8 Å². The minimum Gasteiger partial charge on any atom is -0.496 e. The first-order valence-electron chi connectivity index (χ1n) is 7.22. The highest BCUT2D eigenvalue weighted by molar-refractivity contribution is 6.31. The number of fused-ring (bicyclic) bond motifs is 1. The summed E-state index contributed by atoms with van der Waals surface area (Å²) in [5.74, 6) is 1.49. The molecular weight excluding hydrogens is 274 g/mol. The summed E-state index contributed by atoms with van der Waals surface area (Å²) < 4.78 is 11.2. The molecule has 1 heterocycles. The van der Waals surface area contributed by atoms with Crippen LogP contribution in [0.4, 0.5) is 0 Å². The van der Waals surface area contributed by atoms with Crippen LogP contribution in [-0.2, 0) is 11.3 Å². The van der Waals surface area contributed by atoms with Crippen LogP contribution in [0.25, 0.3) is 0 Å². The molecule has 20 heavy (non-hydrogen) atoms. The fourth-order valence-corrected chi connectivity index (χ4v) is 4.09.